The van der Waals surface area contributed by atoms with E-state index in [-0.39, 0.29) is 37.5 Å². The summed E-state index contributed by atoms with van der Waals surface area (Å²) in [5.74, 6) is -0.972. The van der Waals surface area contributed by atoms with Crippen LogP contribution in [0.5, 0.6) is 0 Å². The third-order valence-electron chi connectivity index (χ3n) is 9.43. The fraction of sp³-hybridized carbons (Fsp3) is 0.844. The first-order chi connectivity index (χ1) is 25.5. The van der Waals surface area contributed by atoms with Gasteiger partial charge in [0.15, 0.2) is 6.10 Å². The van der Waals surface area contributed by atoms with Crippen LogP contribution in [0.2, 0.25) is 0 Å². The molecule has 304 valence electrons. The highest BCUT2D eigenvalue weighted by molar-refractivity contribution is 5.71. The van der Waals surface area contributed by atoms with Crippen LogP contribution in [0, 0.1) is 0 Å². The first kappa shape index (κ1) is 49.9. The van der Waals surface area contributed by atoms with E-state index < -0.39 is 6.10 Å². The van der Waals surface area contributed by atoms with Crippen LogP contribution in [0.25, 0.3) is 0 Å². The molecule has 0 aromatic rings. The molecule has 0 aliphatic carbocycles. The van der Waals surface area contributed by atoms with Crippen molar-refractivity contribution in [2.45, 2.75) is 219 Å². The number of rotatable bonds is 40. The highest BCUT2D eigenvalue weighted by atomic mass is 16.6. The molecule has 0 bridgehead atoms. The van der Waals surface area contributed by atoms with E-state index in [2.05, 4.69) is 43.5 Å². The zero-order valence-corrected chi connectivity index (χ0v) is 34.4. The Balaban J connectivity index is 4.14. The molecule has 0 spiro atoms. The number of nitrogens with one attached hydrogen (secondary N) is 1. The second-order valence-electron chi connectivity index (χ2n) is 14.6. The fourth-order valence-corrected chi connectivity index (χ4v) is 6.09. The number of carbonyl (C=O) groups is 3. The zero-order valence-electron chi connectivity index (χ0n) is 34.4. The van der Waals surface area contributed by atoms with Crippen molar-refractivity contribution < 1.29 is 28.6 Å². The van der Waals surface area contributed by atoms with Crippen LogP contribution < -0.4 is 5.32 Å². The van der Waals surface area contributed by atoms with Gasteiger partial charge in [-0.3, -0.25) is 14.4 Å². The monoisotopic (exact) mass is 734 g/mol. The van der Waals surface area contributed by atoms with Crippen LogP contribution in [-0.2, 0) is 28.6 Å². The van der Waals surface area contributed by atoms with Gasteiger partial charge in [-0.2, -0.15) is 0 Å². The molecular weight excluding hydrogens is 650 g/mol. The van der Waals surface area contributed by atoms with Gasteiger partial charge >= 0.3 is 17.9 Å². The molecular formula is C45H83NO6. The number of esters is 3. The lowest BCUT2D eigenvalue weighted by Crippen LogP contribution is -2.31. The minimum atomic E-state index is -0.789. The van der Waals surface area contributed by atoms with E-state index in [1.807, 2.05) is 6.92 Å². The van der Waals surface area contributed by atoms with Gasteiger partial charge in [0.2, 0.25) is 0 Å². The normalized spacial score (nSPS) is 11.6. The van der Waals surface area contributed by atoms with Gasteiger partial charge in [-0.05, 0) is 83.7 Å². The molecule has 7 heteroatoms. The van der Waals surface area contributed by atoms with E-state index in [1.165, 1.54) is 116 Å². The molecule has 0 aliphatic heterocycles. The van der Waals surface area contributed by atoms with Gasteiger partial charge in [0.1, 0.15) is 13.2 Å². The Hall–Kier alpha value is -2.15. The minimum absolute atomic E-state index is 0.0937. The van der Waals surface area contributed by atoms with Crippen molar-refractivity contribution in [1.29, 1.82) is 0 Å². The number of carbonyl (C=O) groups excluding carboxylic acids is 3. The first-order valence-corrected chi connectivity index (χ1v) is 22.0. The number of hydrogen-bond donors (Lipinski definition) is 1. The third kappa shape index (κ3) is 39.1. The third-order valence-corrected chi connectivity index (χ3v) is 9.43. The van der Waals surface area contributed by atoms with E-state index in [4.69, 9.17) is 14.2 Å². The van der Waals surface area contributed by atoms with Crippen molar-refractivity contribution in [3.8, 4) is 0 Å². The molecule has 0 heterocycles. The second-order valence-corrected chi connectivity index (χ2v) is 14.6. The summed E-state index contributed by atoms with van der Waals surface area (Å²) in [4.78, 5) is 37.3. The molecule has 0 saturated heterocycles. The predicted molar refractivity (Wildman–Crippen MR) is 218 cm³/mol. The van der Waals surface area contributed by atoms with Gasteiger partial charge in [0, 0.05) is 19.3 Å². The highest BCUT2D eigenvalue weighted by Crippen LogP contribution is 2.13. The molecule has 0 rings (SSSR count). The average molecular weight is 734 g/mol. The SMILES string of the molecule is CCCCCCCC/C=C\CCCCCCCC(=O)OCC(COC(=O)CCCCCCC/C=C\CCCCCCCC)OC(=O)CCCNCC. The Labute approximate surface area is 321 Å². The van der Waals surface area contributed by atoms with E-state index in [0.29, 0.717) is 19.3 Å². The molecule has 0 aromatic heterocycles. The van der Waals surface area contributed by atoms with Crippen LogP contribution in [-0.4, -0.2) is 50.3 Å². The van der Waals surface area contributed by atoms with Crippen LogP contribution in [0.1, 0.15) is 213 Å². The standard InChI is InChI=1S/C45H83NO6/c1-4-7-9-11-13-15-17-19-21-23-25-27-29-31-33-36-43(47)50-40-42(52-45(49)38-35-39-46-6-3)41-51-44(48)37-34-32-30-28-26-24-22-20-18-16-14-12-10-8-5-2/h19-22,42,46H,4-18,23-41H2,1-3H3/b21-19-,22-20-. The maximum atomic E-state index is 12.4. The number of unbranched alkanes of at least 4 members (excludes halogenated alkanes) is 22. The Bertz CT molecular complexity index is 801. The Morgan fingerprint density at radius 1 is 0.442 bits per heavy atom. The smallest absolute Gasteiger partial charge is 0.306 e. The molecule has 0 aliphatic rings. The van der Waals surface area contributed by atoms with Crippen LogP contribution in [0.3, 0.4) is 0 Å². The fourth-order valence-electron chi connectivity index (χ4n) is 6.09. The lowest BCUT2D eigenvalue weighted by atomic mass is 10.1. The Morgan fingerprint density at radius 3 is 1.17 bits per heavy atom. The average Bonchev–Trinajstić information content (AvgIpc) is 3.14. The first-order valence-electron chi connectivity index (χ1n) is 22.0. The zero-order chi connectivity index (χ0) is 38.0. The van der Waals surface area contributed by atoms with Crippen LogP contribution in [0.15, 0.2) is 24.3 Å². The topological polar surface area (TPSA) is 90.9 Å². The van der Waals surface area contributed by atoms with Crippen molar-refractivity contribution in [1.82, 2.24) is 5.32 Å². The summed E-state index contributed by atoms with van der Waals surface area (Å²) >= 11 is 0. The van der Waals surface area contributed by atoms with Crippen molar-refractivity contribution >= 4 is 17.9 Å². The summed E-state index contributed by atoms with van der Waals surface area (Å²) in [5, 5.41) is 3.19. The minimum Gasteiger partial charge on any atom is -0.462 e. The number of allylic oxidation sites excluding steroid dienone is 4. The van der Waals surface area contributed by atoms with E-state index in [9.17, 15) is 14.4 Å². The summed E-state index contributed by atoms with van der Waals surface area (Å²) in [7, 11) is 0. The number of ether oxygens (including phenoxy) is 3. The van der Waals surface area contributed by atoms with Crippen molar-refractivity contribution in [3.05, 3.63) is 24.3 Å². The van der Waals surface area contributed by atoms with Crippen molar-refractivity contribution in [2.24, 2.45) is 0 Å². The van der Waals surface area contributed by atoms with Gasteiger partial charge in [-0.15, -0.1) is 0 Å². The van der Waals surface area contributed by atoms with Crippen molar-refractivity contribution in [3.63, 3.8) is 0 Å². The van der Waals surface area contributed by atoms with E-state index >= 15 is 0 Å². The van der Waals surface area contributed by atoms with Crippen molar-refractivity contribution in [2.75, 3.05) is 26.3 Å². The highest BCUT2D eigenvalue weighted by Gasteiger charge is 2.19. The lowest BCUT2D eigenvalue weighted by molar-refractivity contribution is -0.167. The van der Waals surface area contributed by atoms with Crippen LogP contribution >= 0.6 is 0 Å². The molecule has 0 aromatic carbocycles. The predicted octanol–water partition coefficient (Wildman–Crippen LogP) is 12.4. The summed E-state index contributed by atoms with van der Waals surface area (Å²) in [6, 6.07) is 0. The molecule has 0 atom stereocenters. The molecule has 0 saturated carbocycles. The van der Waals surface area contributed by atoms with Gasteiger partial charge in [0.05, 0.1) is 0 Å². The Kier molecular flexibility index (Phi) is 39.9. The maximum Gasteiger partial charge on any atom is 0.306 e. The molecule has 0 amide bonds. The molecule has 0 radical (unpaired) electrons. The van der Waals surface area contributed by atoms with Gasteiger partial charge in [-0.25, -0.2) is 0 Å². The quantitative estimate of drug-likeness (QED) is 0.0290. The van der Waals surface area contributed by atoms with Gasteiger partial charge < -0.3 is 19.5 Å². The molecule has 0 fully saturated rings. The van der Waals surface area contributed by atoms with E-state index in [1.54, 1.807) is 0 Å². The lowest BCUT2D eigenvalue weighted by Gasteiger charge is -2.18. The maximum absolute atomic E-state index is 12.4. The van der Waals surface area contributed by atoms with Gasteiger partial charge in [-0.1, -0.05) is 148 Å². The largest absolute Gasteiger partial charge is 0.462 e. The second kappa shape index (κ2) is 41.6. The molecule has 1 N–H and O–H groups in total. The van der Waals surface area contributed by atoms with E-state index in [0.717, 1.165) is 64.5 Å². The summed E-state index contributed by atoms with van der Waals surface area (Å²) in [6.07, 6.45) is 41.4. The molecule has 52 heavy (non-hydrogen) atoms. The van der Waals surface area contributed by atoms with Gasteiger partial charge in [0.25, 0.3) is 0 Å². The Morgan fingerprint density at radius 2 is 0.788 bits per heavy atom. The summed E-state index contributed by atoms with van der Waals surface area (Å²) in [6.45, 7) is 7.92. The summed E-state index contributed by atoms with van der Waals surface area (Å²) < 4.78 is 16.5. The summed E-state index contributed by atoms with van der Waals surface area (Å²) in [5.41, 5.74) is 0. The molecule has 7 nitrogen and oxygen atoms in total. The van der Waals surface area contributed by atoms with Crippen LogP contribution in [0.4, 0.5) is 0 Å². The number of hydrogen-bond acceptors (Lipinski definition) is 7. The molecule has 0 unspecified atom stereocenters.